The maximum absolute atomic E-state index is 12.2. The van der Waals surface area contributed by atoms with E-state index in [4.69, 9.17) is 4.74 Å². The van der Waals surface area contributed by atoms with Gasteiger partial charge in [0, 0.05) is 31.4 Å². The molecule has 0 radical (unpaired) electrons. The summed E-state index contributed by atoms with van der Waals surface area (Å²) >= 11 is 0. The Morgan fingerprint density at radius 1 is 1.44 bits per heavy atom. The van der Waals surface area contributed by atoms with Gasteiger partial charge in [-0.2, -0.15) is 0 Å². The lowest BCUT2D eigenvalue weighted by Crippen LogP contribution is -2.57. The number of ether oxygens (including phenoxy) is 1. The van der Waals surface area contributed by atoms with Crippen molar-refractivity contribution in [1.29, 1.82) is 0 Å². The van der Waals surface area contributed by atoms with Gasteiger partial charge in [-0.25, -0.2) is 18.4 Å². The van der Waals surface area contributed by atoms with Gasteiger partial charge in [0.05, 0.1) is 23.7 Å². The molecule has 1 N–H and O–H groups in total. The van der Waals surface area contributed by atoms with Crippen molar-refractivity contribution in [3.05, 3.63) is 23.9 Å². The average molecular weight is 369 g/mol. The van der Waals surface area contributed by atoms with E-state index in [-0.39, 0.29) is 5.75 Å². The monoisotopic (exact) mass is 368 g/mol. The summed E-state index contributed by atoms with van der Waals surface area (Å²) in [7, 11) is -3.08. The summed E-state index contributed by atoms with van der Waals surface area (Å²) < 4.78 is 29.2. The third kappa shape index (κ3) is 4.62. The number of hydrogen-bond donors (Lipinski definition) is 1. The molecule has 140 valence electrons. The fourth-order valence-electron chi connectivity index (χ4n) is 2.72. The SMILES string of the molecule is CCNC(=NCc1cccnc1OCC)N1CCS(=O)(=O)C(C)(C)C1. The molecule has 1 aliphatic rings. The number of aromatic nitrogens is 1. The number of nitrogens with zero attached hydrogens (tertiary/aromatic N) is 3. The summed E-state index contributed by atoms with van der Waals surface area (Å²) in [5.41, 5.74) is 0.906. The molecule has 2 rings (SSSR count). The second-order valence-electron chi connectivity index (χ2n) is 6.57. The zero-order valence-electron chi connectivity index (χ0n) is 15.4. The summed E-state index contributed by atoms with van der Waals surface area (Å²) in [4.78, 5) is 10.9. The molecule has 0 spiro atoms. The van der Waals surface area contributed by atoms with Crippen molar-refractivity contribution in [1.82, 2.24) is 15.2 Å². The van der Waals surface area contributed by atoms with Crippen LogP contribution >= 0.6 is 0 Å². The van der Waals surface area contributed by atoms with E-state index in [1.54, 1.807) is 20.0 Å². The molecule has 1 aliphatic heterocycles. The van der Waals surface area contributed by atoms with Crippen molar-refractivity contribution in [3.63, 3.8) is 0 Å². The quantitative estimate of drug-likeness (QED) is 0.626. The maximum atomic E-state index is 12.2. The molecule has 1 fully saturated rings. The lowest BCUT2D eigenvalue weighted by Gasteiger charge is -2.39. The van der Waals surface area contributed by atoms with Gasteiger partial charge in [-0.1, -0.05) is 6.07 Å². The van der Waals surface area contributed by atoms with Crippen LogP contribution < -0.4 is 10.1 Å². The molecule has 0 bridgehead atoms. The highest BCUT2D eigenvalue weighted by Gasteiger charge is 2.40. The largest absolute Gasteiger partial charge is 0.478 e. The predicted octanol–water partition coefficient (Wildman–Crippen LogP) is 1.45. The van der Waals surface area contributed by atoms with Crippen molar-refractivity contribution in [2.24, 2.45) is 4.99 Å². The van der Waals surface area contributed by atoms with Gasteiger partial charge in [0.15, 0.2) is 15.8 Å². The Balaban J connectivity index is 2.20. The van der Waals surface area contributed by atoms with Crippen LogP contribution in [0.2, 0.25) is 0 Å². The molecule has 2 heterocycles. The van der Waals surface area contributed by atoms with Gasteiger partial charge in [-0.05, 0) is 33.8 Å². The lowest BCUT2D eigenvalue weighted by atomic mass is 10.2. The Morgan fingerprint density at radius 2 is 2.20 bits per heavy atom. The van der Waals surface area contributed by atoms with Crippen LogP contribution in [0.25, 0.3) is 0 Å². The van der Waals surface area contributed by atoms with Crippen molar-refractivity contribution >= 4 is 15.8 Å². The maximum Gasteiger partial charge on any atom is 0.218 e. The van der Waals surface area contributed by atoms with Crippen LogP contribution in [0.1, 0.15) is 33.3 Å². The van der Waals surface area contributed by atoms with Gasteiger partial charge in [0.2, 0.25) is 5.88 Å². The van der Waals surface area contributed by atoms with E-state index >= 15 is 0 Å². The predicted molar refractivity (Wildman–Crippen MR) is 99.7 cm³/mol. The van der Waals surface area contributed by atoms with Gasteiger partial charge >= 0.3 is 0 Å². The van der Waals surface area contributed by atoms with Crippen molar-refractivity contribution < 1.29 is 13.2 Å². The van der Waals surface area contributed by atoms with Crippen LogP contribution in [0.3, 0.4) is 0 Å². The summed E-state index contributed by atoms with van der Waals surface area (Å²) in [5, 5.41) is 3.26. The van der Waals surface area contributed by atoms with Gasteiger partial charge in [-0.15, -0.1) is 0 Å². The Hall–Kier alpha value is -1.83. The molecule has 8 heteroatoms. The number of hydrogen-bond acceptors (Lipinski definition) is 5. The Kier molecular flexibility index (Phi) is 6.26. The van der Waals surface area contributed by atoms with E-state index < -0.39 is 14.6 Å². The Morgan fingerprint density at radius 3 is 2.84 bits per heavy atom. The van der Waals surface area contributed by atoms with Crippen LogP contribution in [0.4, 0.5) is 0 Å². The highest BCUT2D eigenvalue weighted by Crippen LogP contribution is 2.24. The molecule has 0 aliphatic carbocycles. The van der Waals surface area contributed by atoms with E-state index in [1.165, 1.54) is 0 Å². The normalized spacial score (nSPS) is 19.5. The Labute approximate surface area is 150 Å². The molecule has 25 heavy (non-hydrogen) atoms. The first kappa shape index (κ1) is 19.5. The van der Waals surface area contributed by atoms with Crippen LogP contribution in [0.15, 0.2) is 23.3 Å². The van der Waals surface area contributed by atoms with Crippen molar-refractivity contribution in [2.75, 3.05) is 32.0 Å². The van der Waals surface area contributed by atoms with E-state index in [0.29, 0.717) is 38.7 Å². The summed E-state index contributed by atoms with van der Waals surface area (Å²) in [6.45, 7) is 10.0. The second-order valence-corrected chi connectivity index (χ2v) is 9.31. The van der Waals surface area contributed by atoms with Gasteiger partial charge in [0.25, 0.3) is 0 Å². The van der Waals surface area contributed by atoms with E-state index in [0.717, 1.165) is 11.5 Å². The Bertz CT molecular complexity index is 716. The molecule has 1 aromatic heterocycles. The first-order chi connectivity index (χ1) is 11.8. The lowest BCUT2D eigenvalue weighted by molar-refractivity contribution is 0.322. The highest BCUT2D eigenvalue weighted by atomic mass is 32.2. The first-order valence-electron chi connectivity index (χ1n) is 8.63. The smallest absolute Gasteiger partial charge is 0.218 e. The minimum atomic E-state index is -3.08. The molecule has 0 aromatic carbocycles. The topological polar surface area (TPSA) is 83.9 Å². The molecule has 0 unspecified atom stereocenters. The number of aliphatic imine (C=N–C) groups is 1. The average Bonchev–Trinajstić information content (AvgIpc) is 2.56. The highest BCUT2D eigenvalue weighted by molar-refractivity contribution is 7.92. The molecule has 0 saturated carbocycles. The van der Waals surface area contributed by atoms with Crippen LogP contribution in [0.5, 0.6) is 5.88 Å². The minimum Gasteiger partial charge on any atom is -0.478 e. The summed E-state index contributed by atoms with van der Waals surface area (Å²) in [6, 6.07) is 3.80. The third-order valence-electron chi connectivity index (χ3n) is 4.21. The molecule has 0 atom stereocenters. The summed E-state index contributed by atoms with van der Waals surface area (Å²) in [6.07, 6.45) is 1.70. The fraction of sp³-hybridized carbons (Fsp3) is 0.647. The molecule has 0 amide bonds. The second kappa shape index (κ2) is 8.03. The zero-order chi connectivity index (χ0) is 18.5. The number of guanidine groups is 1. The summed E-state index contributed by atoms with van der Waals surface area (Å²) in [5.74, 6) is 1.45. The van der Waals surface area contributed by atoms with Gasteiger partial charge < -0.3 is 15.0 Å². The molecule has 1 aromatic rings. The van der Waals surface area contributed by atoms with Crippen LogP contribution in [-0.4, -0.2) is 61.0 Å². The number of nitrogens with one attached hydrogen (secondary N) is 1. The van der Waals surface area contributed by atoms with Crippen LogP contribution in [-0.2, 0) is 16.4 Å². The number of rotatable bonds is 5. The molecular weight excluding hydrogens is 340 g/mol. The number of pyridine rings is 1. The minimum absolute atomic E-state index is 0.140. The standard InChI is InChI=1S/C17H28N4O3S/c1-5-18-16(21-10-11-25(22,23)17(3,4)13-21)20-12-14-8-7-9-19-15(14)24-6-2/h7-9H,5-6,10-13H2,1-4H3,(H,18,20). The third-order valence-corrected chi connectivity index (χ3v) is 6.74. The van der Waals surface area contributed by atoms with E-state index in [1.807, 2.05) is 30.9 Å². The van der Waals surface area contributed by atoms with E-state index in [2.05, 4.69) is 15.3 Å². The fourth-order valence-corrected chi connectivity index (χ4v) is 4.09. The molecule has 7 nitrogen and oxygen atoms in total. The first-order valence-corrected chi connectivity index (χ1v) is 10.3. The zero-order valence-corrected chi connectivity index (χ0v) is 16.3. The van der Waals surface area contributed by atoms with Crippen molar-refractivity contribution in [2.45, 2.75) is 39.0 Å². The van der Waals surface area contributed by atoms with Crippen molar-refractivity contribution in [3.8, 4) is 5.88 Å². The molecular formula is C17H28N4O3S. The molecule has 1 saturated heterocycles. The van der Waals surface area contributed by atoms with Gasteiger partial charge in [-0.3, -0.25) is 0 Å². The van der Waals surface area contributed by atoms with E-state index in [9.17, 15) is 8.42 Å². The van der Waals surface area contributed by atoms with Gasteiger partial charge in [0.1, 0.15) is 0 Å². The van der Waals surface area contributed by atoms with Crippen LogP contribution in [0, 0.1) is 0 Å². The number of sulfone groups is 1.